The highest BCUT2D eigenvalue weighted by molar-refractivity contribution is 5.88. The van der Waals surface area contributed by atoms with Gasteiger partial charge in [-0.25, -0.2) is 4.98 Å². The van der Waals surface area contributed by atoms with Crippen LogP contribution in [0.1, 0.15) is 18.4 Å². The standard InChI is InChI=1S/C20H24N6/c1-13-3-5-14(6-4-13)17-8-7-16-18(21)24-20(25-19(16)23-17)22-15-9-11-26(2)12-10-15/h3-8,15H,9-12H2,1-2H3,(H3,21,22,23,24,25). The summed E-state index contributed by atoms with van der Waals surface area (Å²) in [5.41, 5.74) is 9.97. The molecule has 1 aliphatic heterocycles. The number of pyridine rings is 1. The molecule has 1 aliphatic rings. The molecule has 3 aromatic rings. The van der Waals surface area contributed by atoms with Gasteiger partial charge in [-0.05, 0) is 52.0 Å². The van der Waals surface area contributed by atoms with Crippen LogP contribution in [0, 0.1) is 6.92 Å². The molecule has 3 heterocycles. The van der Waals surface area contributed by atoms with Crippen molar-refractivity contribution in [3.63, 3.8) is 0 Å². The van der Waals surface area contributed by atoms with Crippen molar-refractivity contribution in [2.45, 2.75) is 25.8 Å². The van der Waals surface area contributed by atoms with Crippen molar-refractivity contribution in [3.05, 3.63) is 42.0 Å². The third-order valence-electron chi connectivity index (χ3n) is 4.99. The van der Waals surface area contributed by atoms with Gasteiger partial charge in [0.25, 0.3) is 0 Å². The van der Waals surface area contributed by atoms with Crippen LogP contribution in [0.4, 0.5) is 11.8 Å². The minimum absolute atomic E-state index is 0.378. The molecule has 3 N–H and O–H groups in total. The molecule has 1 aromatic carbocycles. The van der Waals surface area contributed by atoms with Gasteiger partial charge in [0.15, 0.2) is 5.65 Å². The molecule has 0 bridgehead atoms. The van der Waals surface area contributed by atoms with Crippen molar-refractivity contribution in [2.75, 3.05) is 31.2 Å². The molecule has 134 valence electrons. The first-order valence-corrected chi connectivity index (χ1v) is 9.05. The maximum atomic E-state index is 6.15. The van der Waals surface area contributed by atoms with Crippen LogP contribution < -0.4 is 11.1 Å². The molecule has 0 unspecified atom stereocenters. The number of likely N-dealkylation sites (tertiary alicyclic amines) is 1. The van der Waals surface area contributed by atoms with Gasteiger partial charge >= 0.3 is 0 Å². The molecule has 0 amide bonds. The molecular weight excluding hydrogens is 324 g/mol. The number of aryl methyl sites for hydroxylation is 1. The Bertz CT molecular complexity index is 913. The number of hydrogen-bond acceptors (Lipinski definition) is 6. The lowest BCUT2D eigenvalue weighted by atomic mass is 10.1. The second-order valence-corrected chi connectivity index (χ2v) is 7.09. The molecule has 0 atom stereocenters. The highest BCUT2D eigenvalue weighted by Crippen LogP contribution is 2.24. The lowest BCUT2D eigenvalue weighted by Crippen LogP contribution is -2.37. The van der Waals surface area contributed by atoms with Crippen LogP contribution in [0.5, 0.6) is 0 Å². The Kier molecular flexibility index (Phi) is 4.42. The fourth-order valence-corrected chi connectivity index (χ4v) is 3.32. The van der Waals surface area contributed by atoms with Crippen LogP contribution in [0.3, 0.4) is 0 Å². The summed E-state index contributed by atoms with van der Waals surface area (Å²) < 4.78 is 0. The van der Waals surface area contributed by atoms with Gasteiger partial charge in [-0.3, -0.25) is 0 Å². The first-order chi connectivity index (χ1) is 12.6. The highest BCUT2D eigenvalue weighted by atomic mass is 15.2. The number of nitrogens with one attached hydrogen (secondary N) is 1. The average molecular weight is 348 g/mol. The van der Waals surface area contributed by atoms with Crippen LogP contribution >= 0.6 is 0 Å². The molecule has 0 radical (unpaired) electrons. The monoisotopic (exact) mass is 348 g/mol. The fraction of sp³-hybridized carbons (Fsp3) is 0.350. The molecule has 0 saturated carbocycles. The minimum Gasteiger partial charge on any atom is -0.383 e. The SMILES string of the molecule is Cc1ccc(-c2ccc3c(N)nc(NC4CCN(C)CC4)nc3n2)cc1. The molecule has 26 heavy (non-hydrogen) atoms. The maximum absolute atomic E-state index is 6.15. The number of benzene rings is 1. The zero-order valence-electron chi connectivity index (χ0n) is 15.2. The van der Waals surface area contributed by atoms with E-state index in [1.807, 2.05) is 12.1 Å². The number of piperidine rings is 1. The Morgan fingerprint density at radius 1 is 1.00 bits per heavy atom. The summed E-state index contributed by atoms with van der Waals surface area (Å²) in [6.45, 7) is 4.24. The summed E-state index contributed by atoms with van der Waals surface area (Å²) in [6, 6.07) is 12.6. The van der Waals surface area contributed by atoms with Gasteiger partial charge in [0.05, 0.1) is 11.1 Å². The van der Waals surface area contributed by atoms with Crippen molar-refractivity contribution in [3.8, 4) is 11.3 Å². The Morgan fingerprint density at radius 2 is 1.73 bits per heavy atom. The molecule has 4 rings (SSSR count). The number of anilines is 2. The first kappa shape index (κ1) is 16.7. The quantitative estimate of drug-likeness (QED) is 0.757. The van der Waals surface area contributed by atoms with E-state index in [0.717, 1.165) is 42.6 Å². The van der Waals surface area contributed by atoms with E-state index in [0.29, 0.717) is 23.5 Å². The summed E-state index contributed by atoms with van der Waals surface area (Å²) in [5, 5.41) is 4.22. The van der Waals surface area contributed by atoms with Crippen molar-refractivity contribution < 1.29 is 0 Å². The van der Waals surface area contributed by atoms with Crippen LogP contribution in [0.15, 0.2) is 36.4 Å². The Labute approximate surface area is 153 Å². The average Bonchev–Trinajstić information content (AvgIpc) is 2.64. The Morgan fingerprint density at radius 3 is 2.46 bits per heavy atom. The molecule has 1 saturated heterocycles. The summed E-state index contributed by atoms with van der Waals surface area (Å²) >= 11 is 0. The predicted octanol–water partition coefficient (Wildman–Crippen LogP) is 3.09. The van der Waals surface area contributed by atoms with E-state index < -0.39 is 0 Å². The topological polar surface area (TPSA) is 80.0 Å². The van der Waals surface area contributed by atoms with Crippen LogP contribution in [0.2, 0.25) is 0 Å². The number of nitrogens with two attached hydrogens (primary N) is 1. The van der Waals surface area contributed by atoms with Gasteiger partial charge in [-0.15, -0.1) is 0 Å². The summed E-state index contributed by atoms with van der Waals surface area (Å²) in [5.74, 6) is 1.03. The molecular formula is C20H24N6. The Hall–Kier alpha value is -2.73. The molecule has 0 spiro atoms. The normalized spacial score (nSPS) is 16.1. The number of aromatic nitrogens is 3. The predicted molar refractivity (Wildman–Crippen MR) is 106 cm³/mol. The summed E-state index contributed by atoms with van der Waals surface area (Å²) in [6.07, 6.45) is 2.16. The van der Waals surface area contributed by atoms with Crippen molar-refractivity contribution >= 4 is 22.8 Å². The third kappa shape index (κ3) is 3.46. The smallest absolute Gasteiger partial charge is 0.226 e. The van der Waals surface area contributed by atoms with E-state index in [9.17, 15) is 0 Å². The van der Waals surface area contributed by atoms with E-state index in [1.54, 1.807) is 0 Å². The van der Waals surface area contributed by atoms with Gasteiger partial charge in [-0.2, -0.15) is 9.97 Å². The van der Waals surface area contributed by atoms with E-state index in [4.69, 9.17) is 10.7 Å². The van der Waals surface area contributed by atoms with Gasteiger partial charge in [0, 0.05) is 11.6 Å². The van der Waals surface area contributed by atoms with E-state index >= 15 is 0 Å². The van der Waals surface area contributed by atoms with Crippen LogP contribution in [-0.2, 0) is 0 Å². The van der Waals surface area contributed by atoms with Crippen LogP contribution in [0.25, 0.3) is 22.3 Å². The molecule has 2 aromatic heterocycles. The van der Waals surface area contributed by atoms with Crippen molar-refractivity contribution in [1.82, 2.24) is 19.9 Å². The molecule has 0 aliphatic carbocycles. The van der Waals surface area contributed by atoms with Crippen LogP contribution in [-0.4, -0.2) is 46.0 Å². The van der Waals surface area contributed by atoms with E-state index in [-0.39, 0.29) is 0 Å². The number of nitrogen functional groups attached to an aromatic ring is 1. The second-order valence-electron chi connectivity index (χ2n) is 7.09. The third-order valence-corrected chi connectivity index (χ3v) is 4.99. The zero-order chi connectivity index (χ0) is 18.1. The summed E-state index contributed by atoms with van der Waals surface area (Å²) in [4.78, 5) is 16.1. The van der Waals surface area contributed by atoms with Gasteiger partial charge in [0.2, 0.25) is 5.95 Å². The lowest BCUT2D eigenvalue weighted by Gasteiger charge is -2.29. The number of rotatable bonds is 3. The number of fused-ring (bicyclic) bond motifs is 1. The van der Waals surface area contributed by atoms with Crippen molar-refractivity contribution in [1.29, 1.82) is 0 Å². The molecule has 1 fully saturated rings. The van der Waals surface area contributed by atoms with Gasteiger partial charge in [0.1, 0.15) is 5.82 Å². The fourth-order valence-electron chi connectivity index (χ4n) is 3.32. The molecule has 6 heteroatoms. The van der Waals surface area contributed by atoms with E-state index in [1.165, 1.54) is 5.56 Å². The maximum Gasteiger partial charge on any atom is 0.226 e. The number of nitrogens with zero attached hydrogens (tertiary/aromatic N) is 4. The Balaban J connectivity index is 1.64. The van der Waals surface area contributed by atoms with Gasteiger partial charge in [-0.1, -0.05) is 29.8 Å². The van der Waals surface area contributed by atoms with E-state index in [2.05, 4.69) is 58.4 Å². The highest BCUT2D eigenvalue weighted by Gasteiger charge is 2.18. The largest absolute Gasteiger partial charge is 0.383 e. The van der Waals surface area contributed by atoms with Gasteiger partial charge < -0.3 is 16.0 Å². The van der Waals surface area contributed by atoms with Crippen molar-refractivity contribution in [2.24, 2.45) is 0 Å². The molecule has 6 nitrogen and oxygen atoms in total. The zero-order valence-corrected chi connectivity index (χ0v) is 15.2. The second kappa shape index (κ2) is 6.88. The minimum atomic E-state index is 0.378. The first-order valence-electron chi connectivity index (χ1n) is 9.05. The lowest BCUT2D eigenvalue weighted by molar-refractivity contribution is 0.263. The number of hydrogen-bond donors (Lipinski definition) is 2. The summed E-state index contributed by atoms with van der Waals surface area (Å²) in [7, 11) is 2.15.